The number of carbonyl (C=O) groups is 4. The average Bonchev–Trinajstić information content (AvgIpc) is 3.14. The second kappa shape index (κ2) is 12.0. The van der Waals surface area contributed by atoms with Gasteiger partial charge in [-0.05, 0) is 25.1 Å². The Kier molecular flexibility index (Phi) is 9.05. The number of thiazole rings is 1. The second-order valence-corrected chi connectivity index (χ2v) is 9.22. The van der Waals surface area contributed by atoms with E-state index in [9.17, 15) is 23.6 Å². The molecule has 10 nitrogen and oxygen atoms in total. The Hall–Kier alpha value is -2.93. The molecule has 1 aliphatic heterocycles. The molecular weight excluding hydrogens is 487 g/mol. The van der Waals surface area contributed by atoms with E-state index >= 15 is 0 Å². The molecule has 1 aliphatic rings. The van der Waals surface area contributed by atoms with Gasteiger partial charge in [0.05, 0.1) is 35.4 Å². The van der Waals surface area contributed by atoms with Crippen LogP contribution in [-0.2, 0) is 30.4 Å². The summed E-state index contributed by atoms with van der Waals surface area (Å²) in [6, 6.07) is 4.09. The minimum absolute atomic E-state index is 0.0324. The van der Waals surface area contributed by atoms with Crippen molar-refractivity contribution in [2.45, 2.75) is 13.5 Å². The van der Waals surface area contributed by atoms with Gasteiger partial charge in [0.1, 0.15) is 12.4 Å². The minimum Gasteiger partial charge on any atom is -0.468 e. The fourth-order valence-corrected chi connectivity index (χ4v) is 5.06. The van der Waals surface area contributed by atoms with E-state index in [0.29, 0.717) is 43.0 Å². The highest BCUT2D eigenvalue weighted by atomic mass is 32.2. The third-order valence-corrected chi connectivity index (χ3v) is 6.93. The summed E-state index contributed by atoms with van der Waals surface area (Å²) in [5.74, 6) is -1.50. The lowest BCUT2D eigenvalue weighted by molar-refractivity contribution is -0.141. The van der Waals surface area contributed by atoms with E-state index in [-0.39, 0.29) is 34.9 Å². The number of benzene rings is 1. The largest absolute Gasteiger partial charge is 0.468 e. The van der Waals surface area contributed by atoms with E-state index in [1.165, 1.54) is 29.9 Å². The third kappa shape index (κ3) is 6.56. The number of amides is 3. The third-order valence-electron chi connectivity index (χ3n) is 4.99. The van der Waals surface area contributed by atoms with Crippen LogP contribution in [0.1, 0.15) is 6.92 Å². The van der Waals surface area contributed by atoms with Crippen LogP contribution in [0.15, 0.2) is 23.2 Å². The van der Waals surface area contributed by atoms with Crippen molar-refractivity contribution in [3.05, 3.63) is 28.8 Å². The number of ether oxygens (including phenoxy) is 2. The number of carbonyl (C=O) groups excluding carboxylic acids is 4. The molecule has 0 N–H and O–H groups in total. The van der Waals surface area contributed by atoms with Crippen molar-refractivity contribution in [2.75, 3.05) is 51.4 Å². The van der Waals surface area contributed by atoms with Gasteiger partial charge < -0.3 is 23.8 Å². The zero-order chi connectivity index (χ0) is 24.7. The van der Waals surface area contributed by atoms with Gasteiger partial charge in [0, 0.05) is 26.2 Å². The van der Waals surface area contributed by atoms with Gasteiger partial charge in [-0.2, -0.15) is 4.99 Å². The number of methoxy groups -OCH3 is 1. The number of hydrogen-bond donors (Lipinski definition) is 0. The molecule has 3 rings (SSSR count). The van der Waals surface area contributed by atoms with E-state index in [4.69, 9.17) is 9.47 Å². The maximum Gasteiger partial charge on any atom is 0.409 e. The molecule has 0 radical (unpaired) electrons. The molecule has 0 aliphatic carbocycles. The first-order valence-electron chi connectivity index (χ1n) is 10.5. The zero-order valence-corrected chi connectivity index (χ0v) is 20.5. The molecule has 0 unspecified atom stereocenters. The van der Waals surface area contributed by atoms with Crippen molar-refractivity contribution in [1.29, 1.82) is 0 Å². The van der Waals surface area contributed by atoms with Gasteiger partial charge in [-0.1, -0.05) is 11.3 Å². The Morgan fingerprint density at radius 1 is 1.12 bits per heavy atom. The number of halogens is 1. The highest BCUT2D eigenvalue weighted by Crippen LogP contribution is 2.19. The number of rotatable bonds is 7. The van der Waals surface area contributed by atoms with Crippen molar-refractivity contribution in [1.82, 2.24) is 14.4 Å². The Bertz CT molecular complexity index is 1140. The standard InChI is InChI=1S/C21H25FN4O6S2/c1-3-32-21(30)25-8-6-24(7-9-25)18(28)13-33-12-17(27)23-20-26(11-19(29)31-2)15-5-4-14(22)10-16(15)34-20/h4-5,10H,3,6-9,11-13H2,1-2H3. The lowest BCUT2D eigenvalue weighted by Gasteiger charge is -2.34. The molecule has 2 aromatic rings. The van der Waals surface area contributed by atoms with Crippen LogP contribution in [0.5, 0.6) is 0 Å². The molecule has 0 spiro atoms. The molecule has 2 heterocycles. The van der Waals surface area contributed by atoms with Crippen LogP contribution in [0.3, 0.4) is 0 Å². The smallest absolute Gasteiger partial charge is 0.409 e. The first-order valence-corrected chi connectivity index (χ1v) is 12.5. The predicted molar refractivity (Wildman–Crippen MR) is 125 cm³/mol. The number of thioether (sulfide) groups is 1. The lowest BCUT2D eigenvalue weighted by atomic mass is 10.3. The maximum absolute atomic E-state index is 13.6. The summed E-state index contributed by atoms with van der Waals surface area (Å²) in [7, 11) is 1.25. The second-order valence-electron chi connectivity index (χ2n) is 7.22. The van der Waals surface area contributed by atoms with E-state index in [0.717, 1.165) is 23.1 Å². The number of aromatic nitrogens is 1. The molecule has 0 bridgehead atoms. The Morgan fingerprint density at radius 2 is 1.82 bits per heavy atom. The Morgan fingerprint density at radius 3 is 2.50 bits per heavy atom. The molecule has 1 fully saturated rings. The summed E-state index contributed by atoms with van der Waals surface area (Å²) in [6.07, 6.45) is -0.385. The van der Waals surface area contributed by atoms with Crippen LogP contribution >= 0.6 is 23.1 Å². The molecule has 34 heavy (non-hydrogen) atoms. The molecular formula is C21H25FN4O6S2. The van der Waals surface area contributed by atoms with Gasteiger partial charge in [-0.25, -0.2) is 9.18 Å². The molecule has 1 aromatic heterocycles. The van der Waals surface area contributed by atoms with Crippen LogP contribution in [0.25, 0.3) is 10.2 Å². The molecule has 184 valence electrons. The van der Waals surface area contributed by atoms with Crippen LogP contribution < -0.4 is 4.80 Å². The van der Waals surface area contributed by atoms with Gasteiger partial charge in [0.25, 0.3) is 5.91 Å². The summed E-state index contributed by atoms with van der Waals surface area (Å²) >= 11 is 2.22. The molecule has 1 aromatic carbocycles. The summed E-state index contributed by atoms with van der Waals surface area (Å²) in [5, 5.41) is 0. The van der Waals surface area contributed by atoms with Gasteiger partial charge in [0.2, 0.25) is 5.91 Å². The SMILES string of the molecule is CCOC(=O)N1CCN(C(=O)CSCC(=O)N=c2sc3cc(F)ccc3n2CC(=O)OC)CC1. The highest BCUT2D eigenvalue weighted by molar-refractivity contribution is 8.00. The quantitative estimate of drug-likeness (QED) is 0.517. The Labute approximate surface area is 203 Å². The van der Waals surface area contributed by atoms with Gasteiger partial charge in [-0.15, -0.1) is 11.8 Å². The molecule has 3 amide bonds. The van der Waals surface area contributed by atoms with Crippen LogP contribution in [-0.4, -0.2) is 89.6 Å². The Balaban J connectivity index is 1.58. The number of hydrogen-bond acceptors (Lipinski definition) is 8. The number of piperazine rings is 1. The van der Waals surface area contributed by atoms with Crippen molar-refractivity contribution in [2.24, 2.45) is 4.99 Å². The average molecular weight is 513 g/mol. The minimum atomic E-state index is -0.527. The maximum atomic E-state index is 13.6. The topological polar surface area (TPSA) is 111 Å². The normalized spacial score (nSPS) is 14.4. The number of fused-ring (bicyclic) bond motifs is 1. The van der Waals surface area contributed by atoms with Crippen LogP contribution in [0, 0.1) is 5.82 Å². The molecule has 13 heteroatoms. The summed E-state index contributed by atoms with van der Waals surface area (Å²) < 4.78 is 25.3. The van der Waals surface area contributed by atoms with E-state index in [1.54, 1.807) is 16.7 Å². The van der Waals surface area contributed by atoms with Crippen LogP contribution in [0.2, 0.25) is 0 Å². The molecule has 0 atom stereocenters. The molecule has 0 saturated carbocycles. The zero-order valence-electron chi connectivity index (χ0n) is 18.8. The van der Waals surface area contributed by atoms with Gasteiger partial charge >= 0.3 is 12.1 Å². The monoisotopic (exact) mass is 512 g/mol. The lowest BCUT2D eigenvalue weighted by Crippen LogP contribution is -2.51. The van der Waals surface area contributed by atoms with Crippen molar-refractivity contribution >= 4 is 57.2 Å². The van der Waals surface area contributed by atoms with E-state index < -0.39 is 17.7 Å². The fraction of sp³-hybridized carbons (Fsp3) is 0.476. The van der Waals surface area contributed by atoms with Crippen molar-refractivity contribution in [3.63, 3.8) is 0 Å². The summed E-state index contributed by atoms with van der Waals surface area (Å²) in [5.41, 5.74) is 0.563. The van der Waals surface area contributed by atoms with Crippen molar-refractivity contribution < 1.29 is 33.0 Å². The highest BCUT2D eigenvalue weighted by Gasteiger charge is 2.24. The predicted octanol–water partition coefficient (Wildman–Crippen LogP) is 1.48. The molecule has 1 saturated heterocycles. The van der Waals surface area contributed by atoms with Crippen LogP contribution in [0.4, 0.5) is 9.18 Å². The van der Waals surface area contributed by atoms with E-state index in [2.05, 4.69) is 4.99 Å². The fourth-order valence-electron chi connectivity index (χ4n) is 3.29. The van der Waals surface area contributed by atoms with Gasteiger partial charge in [-0.3, -0.25) is 14.4 Å². The number of esters is 1. The summed E-state index contributed by atoms with van der Waals surface area (Å²) in [4.78, 5) is 56.0. The first kappa shape index (κ1) is 25.7. The van der Waals surface area contributed by atoms with E-state index in [1.807, 2.05) is 0 Å². The first-order chi connectivity index (χ1) is 16.3. The number of nitrogens with zero attached hydrogens (tertiary/aromatic N) is 4. The summed E-state index contributed by atoms with van der Waals surface area (Å²) in [6.45, 7) is 3.48. The van der Waals surface area contributed by atoms with Gasteiger partial charge in [0.15, 0.2) is 4.80 Å². The van der Waals surface area contributed by atoms with Crippen molar-refractivity contribution in [3.8, 4) is 0 Å².